The first kappa shape index (κ1) is 20.5. The molecular formula is C25H30N4O. The first-order valence-corrected chi connectivity index (χ1v) is 10.9. The highest BCUT2D eigenvalue weighted by Crippen LogP contribution is 2.25. The van der Waals surface area contributed by atoms with Crippen molar-refractivity contribution in [1.82, 2.24) is 14.9 Å². The zero-order valence-corrected chi connectivity index (χ0v) is 18.1. The Hall–Kier alpha value is -2.79. The fourth-order valence-corrected chi connectivity index (χ4v) is 4.27. The van der Waals surface area contributed by atoms with Gasteiger partial charge in [-0.25, -0.2) is 9.97 Å². The van der Waals surface area contributed by atoms with Crippen molar-refractivity contribution < 1.29 is 4.79 Å². The number of anilines is 1. The maximum absolute atomic E-state index is 13.0. The lowest BCUT2D eigenvalue weighted by atomic mass is 9.94. The van der Waals surface area contributed by atoms with E-state index in [9.17, 15) is 4.79 Å². The highest BCUT2D eigenvalue weighted by molar-refractivity contribution is 6.06. The molecule has 0 saturated heterocycles. The van der Waals surface area contributed by atoms with E-state index in [4.69, 9.17) is 0 Å². The Morgan fingerprint density at radius 3 is 2.47 bits per heavy atom. The maximum atomic E-state index is 13.0. The van der Waals surface area contributed by atoms with Gasteiger partial charge in [-0.3, -0.25) is 9.69 Å². The van der Waals surface area contributed by atoms with Gasteiger partial charge in [0.2, 0.25) is 0 Å². The summed E-state index contributed by atoms with van der Waals surface area (Å²) in [7, 11) is 2.20. The molecule has 1 saturated carbocycles. The lowest BCUT2D eigenvalue weighted by molar-refractivity contribution is 0.102. The van der Waals surface area contributed by atoms with Crippen molar-refractivity contribution in [2.24, 2.45) is 0 Å². The highest BCUT2D eigenvalue weighted by atomic mass is 16.1. The van der Waals surface area contributed by atoms with Gasteiger partial charge in [0.25, 0.3) is 5.91 Å². The van der Waals surface area contributed by atoms with E-state index in [1.165, 1.54) is 32.1 Å². The summed E-state index contributed by atoms with van der Waals surface area (Å²) in [5.41, 5.74) is 5.96. The van der Waals surface area contributed by atoms with E-state index in [1.54, 1.807) is 0 Å². The van der Waals surface area contributed by atoms with E-state index in [2.05, 4.69) is 33.3 Å². The second-order valence-corrected chi connectivity index (χ2v) is 8.42. The molecule has 0 spiro atoms. The summed E-state index contributed by atoms with van der Waals surface area (Å²) in [4.78, 5) is 24.5. The lowest BCUT2D eigenvalue weighted by Crippen LogP contribution is -2.33. The number of benzene rings is 2. The maximum Gasteiger partial charge on any atom is 0.255 e. The number of fused-ring (bicyclic) bond motifs is 1. The summed E-state index contributed by atoms with van der Waals surface area (Å²) >= 11 is 0. The minimum atomic E-state index is -0.121. The minimum absolute atomic E-state index is 0.121. The molecule has 5 heteroatoms. The number of aromatic nitrogens is 2. The molecule has 0 radical (unpaired) electrons. The number of rotatable bonds is 5. The monoisotopic (exact) mass is 402 g/mol. The quantitative estimate of drug-likeness (QED) is 0.632. The molecule has 1 fully saturated rings. The number of carbonyl (C=O) groups excluding carboxylic acids is 1. The van der Waals surface area contributed by atoms with Crippen LogP contribution in [0.4, 0.5) is 5.69 Å². The number of aryl methyl sites for hydroxylation is 2. The molecule has 156 valence electrons. The van der Waals surface area contributed by atoms with Crippen LogP contribution in [0.3, 0.4) is 0 Å². The standard InChI is InChI=1S/C25H30N4O/c1-17-18(2)27-24-15-19(13-14-23(24)26-17)25(30)28-22-12-8-7-9-20(22)16-29(3)21-10-5-4-6-11-21/h7-9,12-15,21H,4-6,10-11,16H2,1-3H3,(H,28,30). The van der Waals surface area contributed by atoms with Crippen LogP contribution < -0.4 is 5.32 Å². The summed E-state index contributed by atoms with van der Waals surface area (Å²) in [6.45, 7) is 4.72. The van der Waals surface area contributed by atoms with Crippen LogP contribution in [0, 0.1) is 13.8 Å². The van der Waals surface area contributed by atoms with E-state index in [0.29, 0.717) is 11.6 Å². The first-order valence-electron chi connectivity index (χ1n) is 10.9. The van der Waals surface area contributed by atoms with Gasteiger partial charge in [0.1, 0.15) is 0 Å². The van der Waals surface area contributed by atoms with Crippen molar-refractivity contribution in [2.75, 3.05) is 12.4 Å². The van der Waals surface area contributed by atoms with Crippen LogP contribution in [0.25, 0.3) is 11.0 Å². The van der Waals surface area contributed by atoms with Crippen molar-refractivity contribution in [3.63, 3.8) is 0 Å². The van der Waals surface area contributed by atoms with Crippen molar-refractivity contribution in [1.29, 1.82) is 0 Å². The zero-order valence-electron chi connectivity index (χ0n) is 18.1. The van der Waals surface area contributed by atoms with Gasteiger partial charge in [0.05, 0.1) is 22.4 Å². The van der Waals surface area contributed by atoms with E-state index in [-0.39, 0.29) is 5.91 Å². The number of hydrogen-bond acceptors (Lipinski definition) is 4. The van der Waals surface area contributed by atoms with Crippen LogP contribution in [-0.2, 0) is 6.54 Å². The Morgan fingerprint density at radius 2 is 1.70 bits per heavy atom. The SMILES string of the molecule is Cc1nc2ccc(C(=O)Nc3ccccc3CN(C)C3CCCCC3)cc2nc1C. The molecule has 3 aromatic rings. The summed E-state index contributed by atoms with van der Waals surface area (Å²) in [6, 6.07) is 14.2. The van der Waals surface area contributed by atoms with Gasteiger partial charge < -0.3 is 5.32 Å². The van der Waals surface area contributed by atoms with E-state index < -0.39 is 0 Å². The van der Waals surface area contributed by atoms with Gasteiger partial charge >= 0.3 is 0 Å². The molecule has 1 heterocycles. The molecule has 0 unspecified atom stereocenters. The summed E-state index contributed by atoms with van der Waals surface area (Å²) in [6.07, 6.45) is 6.52. The Bertz CT molecular complexity index is 1060. The Labute approximate surface area is 178 Å². The number of para-hydroxylation sites is 1. The van der Waals surface area contributed by atoms with Gasteiger partial charge in [-0.05, 0) is 63.6 Å². The predicted molar refractivity (Wildman–Crippen MR) is 122 cm³/mol. The summed E-state index contributed by atoms with van der Waals surface area (Å²) < 4.78 is 0. The third-order valence-corrected chi connectivity index (χ3v) is 6.22. The Balaban J connectivity index is 1.52. The molecule has 0 aliphatic heterocycles. The van der Waals surface area contributed by atoms with E-state index in [0.717, 1.165) is 40.2 Å². The molecule has 30 heavy (non-hydrogen) atoms. The molecule has 1 aliphatic rings. The molecule has 5 nitrogen and oxygen atoms in total. The second kappa shape index (κ2) is 8.92. The molecule has 1 aromatic heterocycles. The van der Waals surface area contributed by atoms with Crippen LogP contribution in [0.1, 0.15) is 59.4 Å². The predicted octanol–water partition coefficient (Wildman–Crippen LogP) is 5.26. The largest absolute Gasteiger partial charge is 0.322 e. The van der Waals surface area contributed by atoms with Gasteiger partial charge in [-0.15, -0.1) is 0 Å². The molecule has 0 bridgehead atoms. The van der Waals surface area contributed by atoms with Crippen LogP contribution in [0.15, 0.2) is 42.5 Å². The minimum Gasteiger partial charge on any atom is -0.322 e. The van der Waals surface area contributed by atoms with Crippen molar-refractivity contribution in [3.05, 3.63) is 65.0 Å². The topological polar surface area (TPSA) is 58.1 Å². The molecule has 4 rings (SSSR count). The third kappa shape index (κ3) is 4.51. The second-order valence-electron chi connectivity index (χ2n) is 8.42. The Kier molecular flexibility index (Phi) is 6.09. The van der Waals surface area contributed by atoms with Gasteiger partial charge in [-0.1, -0.05) is 37.5 Å². The average Bonchev–Trinajstić information content (AvgIpc) is 2.76. The van der Waals surface area contributed by atoms with Crippen molar-refractivity contribution in [2.45, 2.75) is 58.5 Å². The first-order chi connectivity index (χ1) is 14.5. The molecule has 0 atom stereocenters. The normalized spacial score (nSPS) is 14.9. The molecule has 1 aliphatic carbocycles. The van der Waals surface area contributed by atoms with Crippen molar-refractivity contribution >= 4 is 22.6 Å². The summed E-state index contributed by atoms with van der Waals surface area (Å²) in [5, 5.41) is 3.11. The zero-order chi connectivity index (χ0) is 21.1. The van der Waals surface area contributed by atoms with E-state index in [1.807, 2.05) is 50.2 Å². The molecule has 1 N–H and O–H groups in total. The van der Waals surface area contributed by atoms with Gasteiger partial charge in [-0.2, -0.15) is 0 Å². The van der Waals surface area contributed by atoms with Crippen molar-refractivity contribution in [3.8, 4) is 0 Å². The van der Waals surface area contributed by atoms with Crippen LogP contribution in [0.5, 0.6) is 0 Å². The highest BCUT2D eigenvalue weighted by Gasteiger charge is 2.19. The van der Waals surface area contributed by atoms with E-state index >= 15 is 0 Å². The molecular weight excluding hydrogens is 372 g/mol. The summed E-state index contributed by atoms with van der Waals surface area (Å²) in [5.74, 6) is -0.121. The molecule has 1 amide bonds. The fraction of sp³-hybridized carbons (Fsp3) is 0.400. The smallest absolute Gasteiger partial charge is 0.255 e. The number of nitrogens with zero attached hydrogens (tertiary/aromatic N) is 3. The van der Waals surface area contributed by atoms with Crippen LogP contribution >= 0.6 is 0 Å². The third-order valence-electron chi connectivity index (χ3n) is 6.22. The van der Waals surface area contributed by atoms with Gasteiger partial charge in [0, 0.05) is 23.8 Å². The average molecular weight is 403 g/mol. The fourth-order valence-electron chi connectivity index (χ4n) is 4.27. The van der Waals surface area contributed by atoms with Gasteiger partial charge in [0.15, 0.2) is 0 Å². The lowest BCUT2D eigenvalue weighted by Gasteiger charge is -2.31. The number of nitrogens with one attached hydrogen (secondary N) is 1. The van der Waals surface area contributed by atoms with Crippen LogP contribution in [-0.4, -0.2) is 33.9 Å². The number of hydrogen-bond donors (Lipinski definition) is 1. The van der Waals surface area contributed by atoms with Crippen LogP contribution in [0.2, 0.25) is 0 Å². The molecule has 2 aromatic carbocycles. The number of carbonyl (C=O) groups is 1. The Morgan fingerprint density at radius 1 is 1.00 bits per heavy atom. The number of amides is 1.